The standard InChI is InChI=1S/C19H24F2N4O/c1-19(22,12-25-8-2-7-24-25)11-23-18(26)10-15(13-3-4-13)14-5-6-16(20)17(21)9-14/h2,5-9,13,15H,3-4,10-12,22H2,1H3,(H,23,26). The van der Waals surface area contributed by atoms with E-state index in [1.165, 1.54) is 6.07 Å². The molecule has 1 aliphatic carbocycles. The summed E-state index contributed by atoms with van der Waals surface area (Å²) in [6.45, 7) is 2.64. The van der Waals surface area contributed by atoms with Crippen LogP contribution in [0.5, 0.6) is 0 Å². The third kappa shape index (κ3) is 4.88. The first-order valence-electron chi connectivity index (χ1n) is 8.82. The lowest BCUT2D eigenvalue weighted by molar-refractivity contribution is -0.121. The summed E-state index contributed by atoms with van der Waals surface area (Å²) in [5.74, 6) is -1.63. The van der Waals surface area contributed by atoms with Crippen LogP contribution in [0.25, 0.3) is 0 Å². The minimum Gasteiger partial charge on any atom is -0.354 e. The van der Waals surface area contributed by atoms with Crippen LogP contribution in [0.15, 0.2) is 36.7 Å². The molecule has 1 aromatic carbocycles. The molecule has 2 unspecified atom stereocenters. The number of hydrogen-bond acceptors (Lipinski definition) is 3. The van der Waals surface area contributed by atoms with Crippen molar-refractivity contribution in [1.29, 1.82) is 0 Å². The minimum absolute atomic E-state index is 0.0970. The number of rotatable bonds is 8. The van der Waals surface area contributed by atoms with Crippen LogP contribution < -0.4 is 11.1 Å². The van der Waals surface area contributed by atoms with Gasteiger partial charge < -0.3 is 11.1 Å². The summed E-state index contributed by atoms with van der Waals surface area (Å²) < 4.78 is 28.4. The summed E-state index contributed by atoms with van der Waals surface area (Å²) in [6, 6.07) is 5.71. The second-order valence-electron chi connectivity index (χ2n) is 7.46. The third-order valence-corrected chi connectivity index (χ3v) is 4.74. The van der Waals surface area contributed by atoms with Crippen LogP contribution in [0.2, 0.25) is 0 Å². The molecule has 1 aromatic heterocycles. The topological polar surface area (TPSA) is 72.9 Å². The van der Waals surface area contributed by atoms with Crippen molar-refractivity contribution in [3.63, 3.8) is 0 Å². The predicted octanol–water partition coefficient (Wildman–Crippen LogP) is 2.58. The first-order chi connectivity index (χ1) is 12.3. The monoisotopic (exact) mass is 362 g/mol. The second-order valence-corrected chi connectivity index (χ2v) is 7.46. The van der Waals surface area contributed by atoms with E-state index < -0.39 is 17.2 Å². The molecule has 2 atom stereocenters. The van der Waals surface area contributed by atoms with E-state index in [0.29, 0.717) is 24.6 Å². The molecule has 2 aromatic rings. The SMILES string of the molecule is CC(N)(CNC(=O)CC(c1ccc(F)c(F)c1)C1CC1)Cn1cccn1. The molecule has 5 nitrogen and oxygen atoms in total. The van der Waals surface area contributed by atoms with Gasteiger partial charge in [-0.2, -0.15) is 5.10 Å². The molecular formula is C19H24F2N4O. The first kappa shape index (κ1) is 18.5. The van der Waals surface area contributed by atoms with Crippen molar-refractivity contribution in [2.24, 2.45) is 11.7 Å². The van der Waals surface area contributed by atoms with Gasteiger partial charge >= 0.3 is 0 Å². The van der Waals surface area contributed by atoms with Gasteiger partial charge in [-0.3, -0.25) is 9.48 Å². The maximum atomic E-state index is 13.5. The lowest BCUT2D eigenvalue weighted by atomic mass is 9.90. The Kier molecular flexibility index (Phi) is 5.36. The molecule has 1 aliphatic rings. The molecule has 0 bridgehead atoms. The van der Waals surface area contributed by atoms with Gasteiger partial charge in [-0.25, -0.2) is 8.78 Å². The molecule has 1 fully saturated rings. The summed E-state index contributed by atoms with van der Waals surface area (Å²) in [4.78, 5) is 12.4. The molecule has 3 N–H and O–H groups in total. The molecule has 0 aliphatic heterocycles. The average molecular weight is 362 g/mol. The average Bonchev–Trinajstić information content (AvgIpc) is 3.31. The van der Waals surface area contributed by atoms with E-state index in [1.807, 2.05) is 19.2 Å². The van der Waals surface area contributed by atoms with E-state index in [-0.39, 0.29) is 18.2 Å². The number of amides is 1. The number of carbonyl (C=O) groups is 1. The normalized spacial score (nSPS) is 17.5. The molecule has 1 heterocycles. The van der Waals surface area contributed by atoms with Gasteiger partial charge in [-0.1, -0.05) is 6.07 Å². The van der Waals surface area contributed by atoms with E-state index in [2.05, 4.69) is 10.4 Å². The van der Waals surface area contributed by atoms with Gasteiger partial charge in [-0.15, -0.1) is 0 Å². The smallest absolute Gasteiger partial charge is 0.220 e. The molecule has 0 saturated heterocycles. The predicted molar refractivity (Wildman–Crippen MR) is 94.3 cm³/mol. The summed E-state index contributed by atoms with van der Waals surface area (Å²) in [5, 5.41) is 6.99. The van der Waals surface area contributed by atoms with Gasteiger partial charge in [0.05, 0.1) is 12.1 Å². The highest BCUT2D eigenvalue weighted by Gasteiger charge is 2.34. The molecule has 7 heteroatoms. The van der Waals surface area contributed by atoms with Crippen LogP contribution in [0, 0.1) is 17.6 Å². The van der Waals surface area contributed by atoms with Gasteiger partial charge in [0.1, 0.15) is 0 Å². The maximum absolute atomic E-state index is 13.5. The molecule has 26 heavy (non-hydrogen) atoms. The molecule has 140 valence electrons. The van der Waals surface area contributed by atoms with E-state index in [4.69, 9.17) is 5.73 Å². The van der Waals surface area contributed by atoms with Crippen LogP contribution in [-0.2, 0) is 11.3 Å². The van der Waals surface area contributed by atoms with Crippen molar-refractivity contribution in [1.82, 2.24) is 15.1 Å². The largest absolute Gasteiger partial charge is 0.354 e. The number of nitrogens with zero attached hydrogens (tertiary/aromatic N) is 2. The number of nitrogens with two attached hydrogens (primary N) is 1. The molecule has 3 rings (SSSR count). The number of benzene rings is 1. The highest BCUT2D eigenvalue weighted by Crippen LogP contribution is 2.44. The number of carbonyl (C=O) groups excluding carboxylic acids is 1. The Hall–Kier alpha value is -2.28. The molecule has 0 radical (unpaired) electrons. The van der Waals surface area contributed by atoms with Crippen LogP contribution >= 0.6 is 0 Å². The summed E-state index contributed by atoms with van der Waals surface area (Å²) in [5.41, 5.74) is 6.27. The molecular weight excluding hydrogens is 338 g/mol. The third-order valence-electron chi connectivity index (χ3n) is 4.74. The lowest BCUT2D eigenvalue weighted by Gasteiger charge is -2.25. The van der Waals surface area contributed by atoms with E-state index in [0.717, 1.165) is 18.9 Å². The Labute approximate surface area is 151 Å². The van der Waals surface area contributed by atoms with Gasteiger partial charge in [0.15, 0.2) is 11.6 Å². The van der Waals surface area contributed by atoms with Gasteiger partial charge in [0, 0.05) is 25.4 Å². The minimum atomic E-state index is -0.873. The Morgan fingerprint density at radius 1 is 1.42 bits per heavy atom. The first-order valence-corrected chi connectivity index (χ1v) is 8.82. The number of aromatic nitrogens is 2. The molecule has 1 amide bonds. The molecule has 0 spiro atoms. The fourth-order valence-corrected chi connectivity index (χ4v) is 3.19. The zero-order valence-electron chi connectivity index (χ0n) is 14.8. The van der Waals surface area contributed by atoms with Gasteiger partial charge in [0.2, 0.25) is 5.91 Å². The highest BCUT2D eigenvalue weighted by atomic mass is 19.2. The van der Waals surface area contributed by atoms with Crippen molar-refractivity contribution in [3.05, 3.63) is 53.9 Å². The van der Waals surface area contributed by atoms with Crippen molar-refractivity contribution in [2.45, 2.75) is 44.2 Å². The van der Waals surface area contributed by atoms with Crippen LogP contribution in [0.4, 0.5) is 8.78 Å². The molecule has 1 saturated carbocycles. The maximum Gasteiger partial charge on any atom is 0.220 e. The number of nitrogens with one attached hydrogen (secondary N) is 1. The summed E-state index contributed by atoms with van der Waals surface area (Å²) in [6.07, 6.45) is 5.75. The number of halogens is 2. The van der Waals surface area contributed by atoms with Crippen LogP contribution in [0.1, 0.15) is 37.7 Å². The highest BCUT2D eigenvalue weighted by molar-refractivity contribution is 5.77. The Balaban J connectivity index is 1.57. The van der Waals surface area contributed by atoms with E-state index >= 15 is 0 Å². The second kappa shape index (κ2) is 7.53. The van der Waals surface area contributed by atoms with Crippen molar-refractivity contribution in [2.75, 3.05) is 6.54 Å². The van der Waals surface area contributed by atoms with E-state index in [1.54, 1.807) is 16.9 Å². The Morgan fingerprint density at radius 2 is 2.19 bits per heavy atom. The zero-order chi connectivity index (χ0) is 18.7. The van der Waals surface area contributed by atoms with Crippen molar-refractivity contribution >= 4 is 5.91 Å². The Morgan fingerprint density at radius 3 is 2.81 bits per heavy atom. The Bertz CT molecular complexity index is 757. The van der Waals surface area contributed by atoms with Gasteiger partial charge in [0.25, 0.3) is 0 Å². The van der Waals surface area contributed by atoms with Crippen molar-refractivity contribution in [3.8, 4) is 0 Å². The zero-order valence-corrected chi connectivity index (χ0v) is 14.8. The quantitative estimate of drug-likeness (QED) is 0.758. The van der Waals surface area contributed by atoms with E-state index in [9.17, 15) is 13.6 Å². The number of hydrogen-bond donors (Lipinski definition) is 2. The van der Waals surface area contributed by atoms with Gasteiger partial charge in [-0.05, 0) is 55.4 Å². The van der Waals surface area contributed by atoms with Crippen molar-refractivity contribution < 1.29 is 13.6 Å². The summed E-state index contributed by atoms with van der Waals surface area (Å²) in [7, 11) is 0. The summed E-state index contributed by atoms with van der Waals surface area (Å²) >= 11 is 0. The van der Waals surface area contributed by atoms with Crippen LogP contribution in [0.3, 0.4) is 0 Å². The van der Waals surface area contributed by atoms with Crippen LogP contribution in [-0.4, -0.2) is 27.8 Å². The fraction of sp³-hybridized carbons (Fsp3) is 0.474. The lowest BCUT2D eigenvalue weighted by Crippen LogP contribution is -2.50. The fourth-order valence-electron chi connectivity index (χ4n) is 3.19.